The molecular weight excluding hydrogens is 447 g/mol. The van der Waals surface area contributed by atoms with E-state index in [9.17, 15) is 9.18 Å². The summed E-state index contributed by atoms with van der Waals surface area (Å²) in [5.41, 5.74) is 2.16. The van der Waals surface area contributed by atoms with Crippen LogP contribution in [-0.2, 0) is 13.0 Å². The summed E-state index contributed by atoms with van der Waals surface area (Å²) < 4.78 is 29.7. The Labute approximate surface area is 206 Å². The summed E-state index contributed by atoms with van der Waals surface area (Å²) in [6, 6.07) is 16.5. The number of rotatable bonds is 9. The average molecular weight is 481 g/mol. The fourth-order valence-electron chi connectivity index (χ4n) is 4.94. The first-order chi connectivity index (χ1) is 17.0. The minimum absolute atomic E-state index is 0.0211. The Morgan fingerprint density at radius 2 is 1.89 bits per heavy atom. The molecule has 35 heavy (non-hydrogen) atoms. The maximum atomic E-state index is 13.8. The average Bonchev–Trinajstić information content (AvgIpc) is 3.43. The first-order valence-corrected chi connectivity index (χ1v) is 12.0. The number of hydrogen-bond donors (Lipinski definition) is 0. The zero-order chi connectivity index (χ0) is 24.8. The zero-order valence-corrected chi connectivity index (χ0v) is 20.6. The molecule has 2 heterocycles. The van der Waals surface area contributed by atoms with E-state index in [0.717, 1.165) is 55.8 Å². The summed E-state index contributed by atoms with van der Waals surface area (Å²) in [6.45, 7) is 2.55. The van der Waals surface area contributed by atoms with E-state index in [4.69, 9.17) is 13.9 Å². The van der Waals surface area contributed by atoms with Crippen molar-refractivity contribution in [2.45, 2.75) is 31.8 Å². The van der Waals surface area contributed by atoms with Crippen LogP contribution in [0.5, 0.6) is 11.5 Å². The quantitative estimate of drug-likeness (QED) is 0.430. The fourth-order valence-corrected chi connectivity index (χ4v) is 4.94. The third-order valence-electron chi connectivity index (χ3n) is 6.93. The maximum Gasteiger partial charge on any atom is 0.289 e. The van der Waals surface area contributed by atoms with Gasteiger partial charge in [0.25, 0.3) is 5.91 Å². The van der Waals surface area contributed by atoms with Gasteiger partial charge in [-0.3, -0.25) is 9.69 Å². The van der Waals surface area contributed by atoms with Gasteiger partial charge in [0.2, 0.25) is 0 Å². The molecule has 6 nitrogen and oxygen atoms in total. The summed E-state index contributed by atoms with van der Waals surface area (Å²) in [4.78, 5) is 17.4. The lowest BCUT2D eigenvalue weighted by Gasteiger charge is -2.40. The van der Waals surface area contributed by atoms with Gasteiger partial charge in [-0.1, -0.05) is 18.2 Å². The number of piperidine rings is 1. The molecule has 0 N–H and O–H groups in total. The smallest absolute Gasteiger partial charge is 0.289 e. The highest BCUT2D eigenvalue weighted by Crippen LogP contribution is 2.29. The van der Waals surface area contributed by atoms with Crippen molar-refractivity contribution in [1.82, 2.24) is 9.80 Å². The van der Waals surface area contributed by atoms with Crippen LogP contribution in [0.15, 0.2) is 65.3 Å². The van der Waals surface area contributed by atoms with Gasteiger partial charge in [-0.25, -0.2) is 4.39 Å². The Morgan fingerprint density at radius 3 is 2.57 bits per heavy atom. The molecule has 186 valence electrons. The van der Waals surface area contributed by atoms with E-state index in [1.54, 1.807) is 25.3 Å². The Balaban J connectivity index is 1.46. The van der Waals surface area contributed by atoms with Gasteiger partial charge >= 0.3 is 0 Å². The number of halogens is 1. The molecule has 0 aliphatic carbocycles. The van der Waals surface area contributed by atoms with Crippen LogP contribution in [0, 0.1) is 11.7 Å². The number of amides is 1. The highest BCUT2D eigenvalue weighted by Gasteiger charge is 2.32. The maximum absolute atomic E-state index is 13.8. The van der Waals surface area contributed by atoms with E-state index in [1.807, 2.05) is 36.2 Å². The van der Waals surface area contributed by atoms with Crippen LogP contribution in [0.1, 0.15) is 34.5 Å². The van der Waals surface area contributed by atoms with Gasteiger partial charge in [0.1, 0.15) is 5.75 Å². The molecule has 1 amide bonds. The number of methoxy groups -OCH3 is 2. The topological polar surface area (TPSA) is 55.2 Å². The van der Waals surface area contributed by atoms with Gasteiger partial charge in [-0.05, 0) is 85.8 Å². The van der Waals surface area contributed by atoms with Crippen LogP contribution >= 0.6 is 0 Å². The summed E-state index contributed by atoms with van der Waals surface area (Å²) in [7, 11) is 5.01. The fraction of sp³-hybridized carbons (Fsp3) is 0.393. The van der Waals surface area contributed by atoms with Gasteiger partial charge < -0.3 is 18.8 Å². The summed E-state index contributed by atoms with van der Waals surface area (Å²) >= 11 is 0. The van der Waals surface area contributed by atoms with Crippen LogP contribution in [0.25, 0.3) is 0 Å². The molecule has 1 aliphatic heterocycles. The van der Waals surface area contributed by atoms with E-state index in [1.165, 1.54) is 19.4 Å². The number of hydrogen-bond acceptors (Lipinski definition) is 5. The largest absolute Gasteiger partial charge is 0.497 e. The lowest BCUT2D eigenvalue weighted by molar-refractivity contribution is 0.0556. The predicted octanol–water partition coefficient (Wildman–Crippen LogP) is 5.03. The van der Waals surface area contributed by atoms with E-state index < -0.39 is 0 Å². The number of likely N-dealkylation sites (N-methyl/N-ethyl adjacent to an activating group) is 1. The SMILES string of the molecule is COc1cccc(C[C@@H](C2CCN(Cc3ccc(F)c(OC)c3)CC2)N(C)C(=O)c2ccco2)c1. The molecule has 0 radical (unpaired) electrons. The first-order valence-electron chi connectivity index (χ1n) is 12.0. The molecule has 1 atom stereocenters. The monoisotopic (exact) mass is 480 g/mol. The Morgan fingerprint density at radius 1 is 1.09 bits per heavy atom. The highest BCUT2D eigenvalue weighted by atomic mass is 19.1. The van der Waals surface area contributed by atoms with Crippen LogP contribution in [0.4, 0.5) is 4.39 Å². The van der Waals surface area contributed by atoms with E-state index in [2.05, 4.69) is 11.0 Å². The Kier molecular flexibility index (Phi) is 8.08. The van der Waals surface area contributed by atoms with E-state index >= 15 is 0 Å². The third kappa shape index (κ3) is 6.03. The molecule has 1 aliphatic rings. The molecule has 4 rings (SSSR count). The minimum Gasteiger partial charge on any atom is -0.497 e. The molecule has 3 aromatic rings. The molecule has 0 unspecified atom stereocenters. The number of ether oxygens (including phenoxy) is 2. The number of carbonyl (C=O) groups is 1. The van der Waals surface area contributed by atoms with Crippen LogP contribution in [0.2, 0.25) is 0 Å². The Bertz CT molecular complexity index is 1110. The molecule has 1 fully saturated rings. The molecule has 7 heteroatoms. The molecule has 1 aromatic heterocycles. The normalized spacial score (nSPS) is 15.5. The lowest BCUT2D eigenvalue weighted by atomic mass is 9.84. The zero-order valence-electron chi connectivity index (χ0n) is 20.6. The predicted molar refractivity (Wildman–Crippen MR) is 132 cm³/mol. The van der Waals surface area contributed by atoms with Gasteiger partial charge in [-0.2, -0.15) is 0 Å². The number of furan rings is 1. The van der Waals surface area contributed by atoms with Gasteiger partial charge in [-0.15, -0.1) is 0 Å². The van der Waals surface area contributed by atoms with Gasteiger partial charge in [0, 0.05) is 19.6 Å². The second kappa shape index (κ2) is 11.4. The van der Waals surface area contributed by atoms with Crippen molar-refractivity contribution in [3.8, 4) is 11.5 Å². The van der Waals surface area contributed by atoms with E-state index in [-0.39, 0.29) is 23.5 Å². The highest BCUT2D eigenvalue weighted by molar-refractivity contribution is 5.91. The minimum atomic E-state index is -0.348. The molecule has 0 saturated carbocycles. The number of likely N-dealkylation sites (tertiary alicyclic amines) is 1. The standard InChI is InChI=1S/C28H33FN2O4/c1-30(28(32)26-8-5-15-35-26)25(17-20-6-4-7-23(16-20)33-2)22-11-13-31(14-12-22)19-21-9-10-24(29)27(18-21)34-3/h4-10,15-16,18,22,25H,11-14,17,19H2,1-3H3/t25-/m0/s1. The van der Waals surface area contributed by atoms with Crippen molar-refractivity contribution in [2.75, 3.05) is 34.4 Å². The van der Waals surface area contributed by atoms with Crippen LogP contribution < -0.4 is 9.47 Å². The number of benzene rings is 2. The number of carbonyl (C=O) groups excluding carboxylic acids is 1. The van der Waals surface area contributed by atoms with Crippen molar-refractivity contribution in [2.24, 2.45) is 5.92 Å². The summed E-state index contributed by atoms with van der Waals surface area (Å²) in [5.74, 6) is 1.32. The molecule has 0 spiro atoms. The second-order valence-electron chi connectivity index (χ2n) is 9.10. The Hall–Kier alpha value is -3.32. The van der Waals surface area contributed by atoms with Gasteiger partial charge in [0.15, 0.2) is 17.3 Å². The van der Waals surface area contributed by atoms with E-state index in [0.29, 0.717) is 11.7 Å². The first kappa shape index (κ1) is 24.8. The molecule has 0 bridgehead atoms. The summed E-state index contributed by atoms with van der Waals surface area (Å²) in [6.07, 6.45) is 4.19. The van der Waals surface area contributed by atoms with Crippen molar-refractivity contribution < 1.29 is 23.1 Å². The van der Waals surface area contributed by atoms with Crippen molar-refractivity contribution in [3.63, 3.8) is 0 Å². The summed E-state index contributed by atoms with van der Waals surface area (Å²) in [5, 5.41) is 0. The lowest BCUT2D eigenvalue weighted by Crippen LogP contribution is -2.47. The van der Waals surface area contributed by atoms with Gasteiger partial charge in [0.05, 0.1) is 20.5 Å². The van der Waals surface area contributed by atoms with Crippen molar-refractivity contribution in [1.29, 1.82) is 0 Å². The molecule has 2 aromatic carbocycles. The third-order valence-corrected chi connectivity index (χ3v) is 6.93. The van der Waals surface area contributed by atoms with Crippen molar-refractivity contribution >= 4 is 5.91 Å². The molecular formula is C28H33FN2O4. The van der Waals surface area contributed by atoms with Crippen LogP contribution in [-0.4, -0.2) is 56.1 Å². The number of nitrogens with zero attached hydrogens (tertiary/aromatic N) is 2. The molecule has 1 saturated heterocycles. The second-order valence-corrected chi connectivity index (χ2v) is 9.10. The van der Waals surface area contributed by atoms with Crippen molar-refractivity contribution in [3.05, 3.63) is 83.6 Å². The van der Waals surface area contributed by atoms with Crippen LogP contribution in [0.3, 0.4) is 0 Å².